The first-order chi connectivity index (χ1) is 8.20. The van der Waals surface area contributed by atoms with E-state index >= 15 is 0 Å². The molecule has 17 heavy (non-hydrogen) atoms. The van der Waals surface area contributed by atoms with Gasteiger partial charge in [0.05, 0.1) is 12.1 Å². The van der Waals surface area contributed by atoms with Gasteiger partial charge in [-0.25, -0.2) is 4.79 Å². The molecule has 4 nitrogen and oxygen atoms in total. The molecule has 0 amide bonds. The zero-order valence-electron chi connectivity index (χ0n) is 9.88. The van der Waals surface area contributed by atoms with Gasteiger partial charge in [-0.15, -0.1) is 0 Å². The Morgan fingerprint density at radius 1 is 1.53 bits per heavy atom. The van der Waals surface area contributed by atoms with Crippen LogP contribution in [0.25, 0.3) is 17.0 Å². The summed E-state index contributed by atoms with van der Waals surface area (Å²) in [6.07, 6.45) is 5.12. The summed E-state index contributed by atoms with van der Waals surface area (Å²) in [6, 6.07) is 5.80. The van der Waals surface area contributed by atoms with Gasteiger partial charge in [0.1, 0.15) is 0 Å². The Hall–Kier alpha value is -2.10. The van der Waals surface area contributed by atoms with Gasteiger partial charge in [0.15, 0.2) is 0 Å². The molecular formula is C13H14N2O2. The first-order valence-electron chi connectivity index (χ1n) is 5.48. The van der Waals surface area contributed by atoms with Crippen LogP contribution in [0, 0.1) is 0 Å². The highest BCUT2D eigenvalue weighted by Crippen LogP contribution is 2.18. The van der Waals surface area contributed by atoms with Crippen molar-refractivity contribution in [2.24, 2.45) is 7.05 Å². The van der Waals surface area contributed by atoms with Crippen molar-refractivity contribution >= 4 is 22.9 Å². The predicted molar refractivity (Wildman–Crippen MR) is 66.4 cm³/mol. The molecule has 1 heterocycles. The molecule has 1 aromatic carbocycles. The maximum atomic E-state index is 11.2. The predicted octanol–water partition coefficient (Wildman–Crippen LogP) is 2.15. The maximum absolute atomic E-state index is 11.2. The maximum Gasteiger partial charge on any atom is 0.330 e. The van der Waals surface area contributed by atoms with Crippen LogP contribution in [0.4, 0.5) is 0 Å². The number of hydrogen-bond donors (Lipinski definition) is 0. The SMILES string of the molecule is CCOC(=O)C=Cc1cccc2nn(C)cc12. The molecule has 0 saturated carbocycles. The summed E-state index contributed by atoms with van der Waals surface area (Å²) in [5.41, 5.74) is 1.88. The molecule has 2 rings (SSSR count). The van der Waals surface area contributed by atoms with Gasteiger partial charge in [-0.2, -0.15) is 5.10 Å². The summed E-state index contributed by atoms with van der Waals surface area (Å²) in [6.45, 7) is 2.17. The van der Waals surface area contributed by atoms with Crippen LogP contribution in [0.2, 0.25) is 0 Å². The van der Waals surface area contributed by atoms with Gasteiger partial charge in [-0.1, -0.05) is 12.1 Å². The molecule has 0 unspecified atom stereocenters. The van der Waals surface area contributed by atoms with Gasteiger partial charge in [-0.05, 0) is 24.6 Å². The van der Waals surface area contributed by atoms with E-state index in [0.717, 1.165) is 16.5 Å². The number of rotatable bonds is 3. The monoisotopic (exact) mass is 230 g/mol. The van der Waals surface area contributed by atoms with Crippen LogP contribution in [-0.2, 0) is 16.6 Å². The van der Waals surface area contributed by atoms with Crippen LogP contribution in [0.15, 0.2) is 30.5 Å². The lowest BCUT2D eigenvalue weighted by Gasteiger charge is -1.96. The van der Waals surface area contributed by atoms with Crippen molar-refractivity contribution < 1.29 is 9.53 Å². The van der Waals surface area contributed by atoms with E-state index in [0.29, 0.717) is 6.61 Å². The first kappa shape index (κ1) is 11.4. The van der Waals surface area contributed by atoms with Crippen LogP contribution in [0.3, 0.4) is 0 Å². The highest BCUT2D eigenvalue weighted by Gasteiger charge is 2.02. The minimum absolute atomic E-state index is 0.326. The summed E-state index contributed by atoms with van der Waals surface area (Å²) in [5.74, 6) is -0.326. The lowest BCUT2D eigenvalue weighted by Crippen LogP contribution is -1.98. The minimum Gasteiger partial charge on any atom is -0.463 e. The van der Waals surface area contributed by atoms with Crippen molar-refractivity contribution in [3.8, 4) is 0 Å². The molecule has 0 saturated heterocycles. The van der Waals surface area contributed by atoms with Crippen molar-refractivity contribution in [1.29, 1.82) is 0 Å². The molecular weight excluding hydrogens is 216 g/mol. The second-order valence-corrected chi connectivity index (χ2v) is 3.67. The van der Waals surface area contributed by atoms with Crippen molar-refractivity contribution in [1.82, 2.24) is 9.78 Å². The second-order valence-electron chi connectivity index (χ2n) is 3.67. The number of aromatic nitrogens is 2. The molecule has 0 spiro atoms. The number of carbonyl (C=O) groups is 1. The third kappa shape index (κ3) is 2.53. The highest BCUT2D eigenvalue weighted by molar-refractivity contribution is 5.93. The zero-order valence-corrected chi connectivity index (χ0v) is 9.88. The molecule has 0 bridgehead atoms. The fourth-order valence-corrected chi connectivity index (χ4v) is 1.68. The normalized spacial score (nSPS) is 11.2. The van der Waals surface area contributed by atoms with E-state index < -0.39 is 0 Å². The van der Waals surface area contributed by atoms with Crippen molar-refractivity contribution in [3.63, 3.8) is 0 Å². The summed E-state index contributed by atoms with van der Waals surface area (Å²) in [5, 5.41) is 5.33. The quantitative estimate of drug-likeness (QED) is 0.599. The Morgan fingerprint density at radius 3 is 3.12 bits per heavy atom. The topological polar surface area (TPSA) is 44.1 Å². The molecule has 88 valence electrons. The van der Waals surface area contributed by atoms with Gasteiger partial charge in [-0.3, -0.25) is 4.68 Å². The lowest BCUT2D eigenvalue weighted by molar-refractivity contribution is -0.137. The molecule has 0 radical (unpaired) electrons. The molecule has 0 aliphatic heterocycles. The van der Waals surface area contributed by atoms with E-state index in [1.54, 1.807) is 17.7 Å². The Labute approximate surface area is 99.5 Å². The third-order valence-corrected chi connectivity index (χ3v) is 2.38. The number of esters is 1. The number of benzene rings is 1. The van der Waals surface area contributed by atoms with Crippen molar-refractivity contribution in [2.75, 3.05) is 6.61 Å². The second kappa shape index (κ2) is 4.82. The van der Waals surface area contributed by atoms with E-state index in [1.807, 2.05) is 31.4 Å². The lowest BCUT2D eigenvalue weighted by atomic mass is 10.1. The average Bonchev–Trinajstić information content (AvgIpc) is 2.67. The van der Waals surface area contributed by atoms with Crippen LogP contribution >= 0.6 is 0 Å². The minimum atomic E-state index is -0.326. The van der Waals surface area contributed by atoms with Crippen molar-refractivity contribution in [2.45, 2.75) is 6.92 Å². The molecule has 2 aromatic rings. The number of aryl methyl sites for hydroxylation is 1. The Morgan fingerprint density at radius 2 is 2.35 bits per heavy atom. The number of nitrogens with zero attached hydrogens (tertiary/aromatic N) is 2. The average molecular weight is 230 g/mol. The van der Waals surface area contributed by atoms with Crippen LogP contribution < -0.4 is 0 Å². The zero-order chi connectivity index (χ0) is 12.3. The van der Waals surface area contributed by atoms with Gasteiger partial charge in [0.2, 0.25) is 0 Å². The number of carbonyl (C=O) groups excluding carboxylic acids is 1. The Kier molecular flexibility index (Phi) is 3.23. The van der Waals surface area contributed by atoms with Gasteiger partial charge < -0.3 is 4.74 Å². The van der Waals surface area contributed by atoms with Crippen molar-refractivity contribution in [3.05, 3.63) is 36.0 Å². The highest BCUT2D eigenvalue weighted by atomic mass is 16.5. The van der Waals surface area contributed by atoms with E-state index in [4.69, 9.17) is 4.74 Å². The van der Waals surface area contributed by atoms with Crippen LogP contribution in [0.1, 0.15) is 12.5 Å². The van der Waals surface area contributed by atoms with E-state index in [2.05, 4.69) is 5.10 Å². The molecule has 4 heteroatoms. The molecule has 0 N–H and O–H groups in total. The molecule has 0 aliphatic carbocycles. The summed E-state index contributed by atoms with van der Waals surface area (Å²) in [7, 11) is 1.87. The molecule has 1 aromatic heterocycles. The van der Waals surface area contributed by atoms with Gasteiger partial charge in [0.25, 0.3) is 0 Å². The smallest absolute Gasteiger partial charge is 0.330 e. The standard InChI is InChI=1S/C13H14N2O2/c1-3-17-13(16)8-7-10-5-4-6-12-11(10)9-15(2)14-12/h4-9H,3H2,1-2H3. The van der Waals surface area contributed by atoms with Crippen LogP contribution in [-0.4, -0.2) is 22.4 Å². The fourth-order valence-electron chi connectivity index (χ4n) is 1.68. The van der Waals surface area contributed by atoms with Crippen LogP contribution in [0.5, 0.6) is 0 Å². The first-order valence-corrected chi connectivity index (χ1v) is 5.48. The van der Waals surface area contributed by atoms with E-state index in [-0.39, 0.29) is 5.97 Å². The summed E-state index contributed by atoms with van der Waals surface area (Å²) < 4.78 is 6.59. The summed E-state index contributed by atoms with van der Waals surface area (Å²) in [4.78, 5) is 11.2. The number of ether oxygens (including phenoxy) is 1. The fraction of sp³-hybridized carbons (Fsp3) is 0.231. The molecule has 0 aliphatic rings. The Balaban J connectivity index is 2.32. The van der Waals surface area contributed by atoms with E-state index in [1.165, 1.54) is 6.08 Å². The molecule has 0 atom stereocenters. The Bertz CT molecular complexity index is 570. The summed E-state index contributed by atoms with van der Waals surface area (Å²) >= 11 is 0. The third-order valence-electron chi connectivity index (χ3n) is 2.38. The van der Waals surface area contributed by atoms with Gasteiger partial charge in [0, 0.05) is 24.7 Å². The number of hydrogen-bond acceptors (Lipinski definition) is 3. The number of fused-ring (bicyclic) bond motifs is 1. The largest absolute Gasteiger partial charge is 0.463 e. The molecule has 0 fully saturated rings. The van der Waals surface area contributed by atoms with E-state index in [9.17, 15) is 4.79 Å². The van der Waals surface area contributed by atoms with Gasteiger partial charge >= 0.3 is 5.97 Å².